The van der Waals surface area contributed by atoms with E-state index in [1.165, 1.54) is 19.4 Å². The third-order valence-electron chi connectivity index (χ3n) is 5.85. The lowest BCUT2D eigenvalue weighted by Gasteiger charge is -2.30. The zero-order chi connectivity index (χ0) is 23.1. The number of amides is 2. The number of carbonyl (C=O) groups is 3. The minimum atomic E-state index is -1.26. The standard InChI is InChI=1S/C25H30N2O5/c1-25(2,24(30)31)27-23(29)19-10-8-17(9-11-19)18-12-14-20(15-13-18)26-22(28)16-32-21-6-4-3-5-7-21/h3-7,12-15,17,19H,8-11,16H2,1-2H3,(H,26,28)(H,27,29)(H,30,31)/t17-,19+. The predicted octanol–water partition coefficient (Wildman–Crippen LogP) is 3.96. The normalized spacial score (nSPS) is 18.4. The van der Waals surface area contributed by atoms with E-state index >= 15 is 0 Å². The number of carboxylic acid groups (broad SMARTS) is 1. The van der Waals surface area contributed by atoms with Crippen molar-refractivity contribution in [2.24, 2.45) is 5.92 Å². The summed E-state index contributed by atoms with van der Waals surface area (Å²) >= 11 is 0. The highest BCUT2D eigenvalue weighted by molar-refractivity contribution is 5.91. The van der Waals surface area contributed by atoms with E-state index in [4.69, 9.17) is 4.74 Å². The lowest BCUT2D eigenvalue weighted by Crippen LogP contribution is -2.51. The first kappa shape index (κ1) is 23.3. The van der Waals surface area contributed by atoms with E-state index in [1.807, 2.05) is 42.5 Å². The van der Waals surface area contributed by atoms with Crippen molar-refractivity contribution in [1.29, 1.82) is 0 Å². The molecule has 2 aromatic rings. The Hall–Kier alpha value is -3.35. The fraction of sp³-hybridized carbons (Fsp3) is 0.400. The number of ether oxygens (including phenoxy) is 1. The van der Waals surface area contributed by atoms with Crippen LogP contribution in [0, 0.1) is 5.92 Å². The summed E-state index contributed by atoms with van der Waals surface area (Å²) in [7, 11) is 0. The van der Waals surface area contributed by atoms with Gasteiger partial charge in [-0.15, -0.1) is 0 Å². The van der Waals surface area contributed by atoms with Crippen LogP contribution in [-0.4, -0.2) is 35.0 Å². The van der Waals surface area contributed by atoms with Crippen LogP contribution in [0.1, 0.15) is 51.0 Å². The van der Waals surface area contributed by atoms with Gasteiger partial charge in [0.15, 0.2) is 6.61 Å². The van der Waals surface area contributed by atoms with Crippen molar-refractivity contribution >= 4 is 23.5 Å². The summed E-state index contributed by atoms with van der Waals surface area (Å²) in [4.78, 5) is 35.8. The van der Waals surface area contributed by atoms with Gasteiger partial charge in [0, 0.05) is 11.6 Å². The van der Waals surface area contributed by atoms with E-state index < -0.39 is 11.5 Å². The summed E-state index contributed by atoms with van der Waals surface area (Å²) in [6.45, 7) is 2.93. The van der Waals surface area contributed by atoms with Crippen LogP contribution in [0.4, 0.5) is 5.69 Å². The summed E-state index contributed by atoms with van der Waals surface area (Å²) in [5.41, 5.74) is 0.619. The molecule has 170 valence electrons. The highest BCUT2D eigenvalue weighted by Gasteiger charge is 2.33. The predicted molar refractivity (Wildman–Crippen MR) is 122 cm³/mol. The molecule has 3 rings (SSSR count). The van der Waals surface area contributed by atoms with E-state index in [1.54, 1.807) is 12.1 Å². The zero-order valence-electron chi connectivity index (χ0n) is 18.5. The first-order valence-electron chi connectivity index (χ1n) is 10.9. The van der Waals surface area contributed by atoms with Gasteiger partial charge in [-0.25, -0.2) is 4.79 Å². The molecular weight excluding hydrogens is 408 g/mol. The summed E-state index contributed by atoms with van der Waals surface area (Å²) in [6.07, 6.45) is 3.17. The van der Waals surface area contributed by atoms with E-state index in [9.17, 15) is 19.5 Å². The third-order valence-corrected chi connectivity index (χ3v) is 5.85. The van der Waals surface area contributed by atoms with Crippen LogP contribution >= 0.6 is 0 Å². The lowest BCUT2D eigenvalue weighted by atomic mass is 9.78. The van der Waals surface area contributed by atoms with Crippen LogP contribution in [-0.2, 0) is 14.4 Å². The van der Waals surface area contributed by atoms with E-state index in [2.05, 4.69) is 10.6 Å². The van der Waals surface area contributed by atoms with Gasteiger partial charge in [-0.1, -0.05) is 30.3 Å². The molecule has 0 radical (unpaired) electrons. The SMILES string of the molecule is CC(C)(NC(=O)[C@H]1CC[C@@H](c2ccc(NC(=O)COc3ccccc3)cc2)CC1)C(=O)O. The molecule has 1 fully saturated rings. The van der Waals surface area contributed by atoms with E-state index in [-0.39, 0.29) is 24.3 Å². The Kier molecular flexibility index (Phi) is 7.51. The molecule has 1 saturated carbocycles. The van der Waals surface area contributed by atoms with Crippen LogP contribution in [0.3, 0.4) is 0 Å². The molecule has 2 amide bonds. The third kappa shape index (κ3) is 6.33. The highest BCUT2D eigenvalue weighted by atomic mass is 16.5. The Balaban J connectivity index is 1.46. The first-order chi connectivity index (χ1) is 15.2. The van der Waals surface area contributed by atoms with Crippen molar-refractivity contribution in [3.63, 3.8) is 0 Å². The van der Waals surface area contributed by atoms with Crippen molar-refractivity contribution in [1.82, 2.24) is 5.32 Å². The van der Waals surface area contributed by atoms with Gasteiger partial charge >= 0.3 is 5.97 Å². The van der Waals surface area contributed by atoms with Gasteiger partial charge in [-0.2, -0.15) is 0 Å². The minimum absolute atomic E-state index is 0.0590. The maximum atomic E-state index is 12.4. The molecule has 2 aromatic carbocycles. The molecule has 0 aliphatic heterocycles. The summed E-state index contributed by atoms with van der Waals surface area (Å²) in [6, 6.07) is 17.0. The number of hydrogen-bond donors (Lipinski definition) is 3. The monoisotopic (exact) mass is 438 g/mol. The second kappa shape index (κ2) is 10.3. The lowest BCUT2D eigenvalue weighted by molar-refractivity contribution is -0.146. The average Bonchev–Trinajstić information content (AvgIpc) is 2.78. The number of aliphatic carboxylic acids is 1. The maximum absolute atomic E-state index is 12.4. The summed E-state index contributed by atoms with van der Waals surface area (Å²) < 4.78 is 5.45. The number of para-hydroxylation sites is 1. The second-order valence-corrected chi connectivity index (χ2v) is 8.74. The molecule has 7 heteroatoms. The van der Waals surface area contributed by atoms with Crippen molar-refractivity contribution in [2.75, 3.05) is 11.9 Å². The molecule has 1 aliphatic carbocycles. The van der Waals surface area contributed by atoms with Crippen LogP contribution in [0.2, 0.25) is 0 Å². The van der Waals surface area contributed by atoms with Crippen molar-refractivity contribution in [3.05, 3.63) is 60.2 Å². The van der Waals surface area contributed by atoms with Crippen LogP contribution in [0.15, 0.2) is 54.6 Å². The van der Waals surface area contributed by atoms with Gasteiger partial charge in [0.05, 0.1) is 0 Å². The zero-order valence-corrected chi connectivity index (χ0v) is 18.5. The number of carboxylic acids is 1. The second-order valence-electron chi connectivity index (χ2n) is 8.74. The Labute approximate surface area is 188 Å². The van der Waals surface area contributed by atoms with Crippen LogP contribution < -0.4 is 15.4 Å². The van der Waals surface area contributed by atoms with Gasteiger partial charge in [-0.05, 0) is 75.3 Å². The van der Waals surface area contributed by atoms with E-state index in [0.717, 1.165) is 25.7 Å². The largest absolute Gasteiger partial charge is 0.484 e. The van der Waals surface area contributed by atoms with Gasteiger partial charge in [0.1, 0.15) is 11.3 Å². The first-order valence-corrected chi connectivity index (χ1v) is 10.9. The smallest absolute Gasteiger partial charge is 0.328 e. The summed E-state index contributed by atoms with van der Waals surface area (Å²) in [5.74, 6) is -0.623. The molecule has 7 nitrogen and oxygen atoms in total. The number of benzene rings is 2. The van der Waals surface area contributed by atoms with E-state index in [0.29, 0.717) is 17.4 Å². The number of carbonyl (C=O) groups excluding carboxylic acids is 2. The Bertz CT molecular complexity index is 933. The molecule has 0 saturated heterocycles. The quantitative estimate of drug-likeness (QED) is 0.579. The maximum Gasteiger partial charge on any atom is 0.328 e. The van der Waals surface area contributed by atoms with Gasteiger partial charge in [-0.3, -0.25) is 9.59 Å². The molecule has 3 N–H and O–H groups in total. The van der Waals surface area contributed by atoms with Gasteiger partial charge in [0.25, 0.3) is 5.91 Å². The summed E-state index contributed by atoms with van der Waals surface area (Å²) in [5, 5.41) is 14.7. The topological polar surface area (TPSA) is 105 Å². The minimum Gasteiger partial charge on any atom is -0.484 e. The molecule has 1 aliphatic rings. The molecule has 32 heavy (non-hydrogen) atoms. The molecule has 0 heterocycles. The Morgan fingerprint density at radius 1 is 0.969 bits per heavy atom. The number of hydrogen-bond acceptors (Lipinski definition) is 4. The van der Waals surface area contributed by atoms with Gasteiger partial charge in [0.2, 0.25) is 5.91 Å². The van der Waals surface area contributed by atoms with Crippen molar-refractivity contribution < 1.29 is 24.2 Å². The van der Waals surface area contributed by atoms with Crippen molar-refractivity contribution in [2.45, 2.75) is 51.0 Å². The fourth-order valence-corrected chi connectivity index (χ4v) is 3.85. The number of rotatable bonds is 8. The van der Waals surface area contributed by atoms with Crippen molar-refractivity contribution in [3.8, 4) is 5.75 Å². The molecule has 0 aromatic heterocycles. The Morgan fingerprint density at radius 2 is 1.59 bits per heavy atom. The van der Waals surface area contributed by atoms with Gasteiger partial charge < -0.3 is 20.5 Å². The molecule has 0 bridgehead atoms. The molecule has 0 unspecified atom stereocenters. The molecule has 0 atom stereocenters. The van der Waals surface area contributed by atoms with Crippen LogP contribution in [0.5, 0.6) is 5.75 Å². The number of nitrogens with one attached hydrogen (secondary N) is 2. The molecular formula is C25H30N2O5. The average molecular weight is 439 g/mol. The molecule has 0 spiro atoms. The highest BCUT2D eigenvalue weighted by Crippen LogP contribution is 2.36. The Morgan fingerprint density at radius 3 is 2.19 bits per heavy atom. The number of anilines is 1. The van der Waals surface area contributed by atoms with Crippen LogP contribution in [0.25, 0.3) is 0 Å². The fourth-order valence-electron chi connectivity index (χ4n) is 3.85.